The molecule has 3 N–H and O–H groups in total. The summed E-state index contributed by atoms with van der Waals surface area (Å²) in [7, 11) is 0. The lowest BCUT2D eigenvalue weighted by molar-refractivity contribution is -0.139. The van der Waals surface area contributed by atoms with Crippen LogP contribution in [0.25, 0.3) is 0 Å². The van der Waals surface area contributed by atoms with Gasteiger partial charge < -0.3 is 5.11 Å². The molecule has 0 radical (unpaired) electrons. The molecule has 1 heterocycles. The molecule has 0 aromatic heterocycles. The lowest BCUT2D eigenvalue weighted by atomic mass is 9.92. The molecule has 0 amide bonds. The predicted octanol–water partition coefficient (Wildman–Crippen LogP) is -0.0989. The van der Waals surface area contributed by atoms with E-state index in [4.69, 9.17) is 5.11 Å². The van der Waals surface area contributed by atoms with Crippen molar-refractivity contribution in [2.24, 2.45) is 0 Å². The number of carboxylic acid groups (broad SMARTS) is 1. The van der Waals surface area contributed by atoms with Gasteiger partial charge in [-0.25, -0.2) is 4.79 Å². The Balaban J connectivity index is 1.98. The summed E-state index contributed by atoms with van der Waals surface area (Å²) in [5, 5.41) is 14.9. The van der Waals surface area contributed by atoms with E-state index in [0.29, 0.717) is 12.1 Å². The van der Waals surface area contributed by atoms with E-state index >= 15 is 0 Å². The maximum atomic E-state index is 10.6. The summed E-state index contributed by atoms with van der Waals surface area (Å²) >= 11 is 0. The number of hydrogen-bond donors (Lipinski definition) is 3. The number of nitrogens with one attached hydrogen (secondary N) is 2. The van der Waals surface area contributed by atoms with Crippen molar-refractivity contribution >= 4 is 5.97 Å². The fraction of sp³-hybridized carbons (Fsp3) is 0.875. The van der Waals surface area contributed by atoms with Crippen molar-refractivity contribution < 1.29 is 9.90 Å². The SMILES string of the molecule is O=C(O)C1NC2CCCCC2N1. The first-order chi connectivity index (χ1) is 5.77. The molecular weight excluding hydrogens is 156 g/mol. The molecule has 1 saturated heterocycles. The Hall–Kier alpha value is -0.610. The molecule has 68 valence electrons. The second-order valence-corrected chi connectivity index (χ2v) is 3.60. The second-order valence-electron chi connectivity index (χ2n) is 3.60. The summed E-state index contributed by atoms with van der Waals surface area (Å²) in [6.45, 7) is 0. The van der Waals surface area contributed by atoms with Crippen molar-refractivity contribution in [3.63, 3.8) is 0 Å². The number of rotatable bonds is 1. The average Bonchev–Trinajstić information content (AvgIpc) is 2.46. The molecule has 2 rings (SSSR count). The zero-order valence-electron chi connectivity index (χ0n) is 6.92. The van der Waals surface area contributed by atoms with Gasteiger partial charge >= 0.3 is 5.97 Å². The minimum atomic E-state index is -0.788. The third-order valence-corrected chi connectivity index (χ3v) is 2.77. The Kier molecular flexibility index (Phi) is 2.02. The molecule has 12 heavy (non-hydrogen) atoms. The minimum Gasteiger partial charge on any atom is -0.479 e. The van der Waals surface area contributed by atoms with Crippen LogP contribution in [0, 0.1) is 0 Å². The van der Waals surface area contributed by atoms with Crippen molar-refractivity contribution in [2.75, 3.05) is 0 Å². The summed E-state index contributed by atoms with van der Waals surface area (Å²) in [6, 6.07) is 0.777. The molecule has 0 bridgehead atoms. The van der Waals surface area contributed by atoms with Crippen LogP contribution in [0.2, 0.25) is 0 Å². The lowest BCUT2D eigenvalue weighted by Gasteiger charge is -2.23. The van der Waals surface area contributed by atoms with E-state index in [1.165, 1.54) is 12.8 Å². The van der Waals surface area contributed by atoms with Crippen molar-refractivity contribution in [1.82, 2.24) is 10.6 Å². The molecule has 2 aliphatic rings. The number of carboxylic acids is 1. The quantitative estimate of drug-likeness (QED) is 0.514. The van der Waals surface area contributed by atoms with Crippen LogP contribution in [0.3, 0.4) is 0 Å². The molecule has 0 aromatic carbocycles. The summed E-state index contributed by atoms with van der Waals surface area (Å²) < 4.78 is 0. The number of fused-ring (bicyclic) bond motifs is 1. The van der Waals surface area contributed by atoms with Gasteiger partial charge in [0.15, 0.2) is 6.17 Å². The zero-order valence-corrected chi connectivity index (χ0v) is 6.92. The highest BCUT2D eigenvalue weighted by atomic mass is 16.4. The van der Waals surface area contributed by atoms with Gasteiger partial charge in [0, 0.05) is 12.1 Å². The Morgan fingerprint density at radius 3 is 2.08 bits per heavy atom. The number of hydrogen-bond acceptors (Lipinski definition) is 3. The topological polar surface area (TPSA) is 61.4 Å². The van der Waals surface area contributed by atoms with Gasteiger partial charge in [0.25, 0.3) is 0 Å². The summed E-state index contributed by atoms with van der Waals surface area (Å²) in [5.74, 6) is -0.788. The Morgan fingerprint density at radius 1 is 1.17 bits per heavy atom. The van der Waals surface area contributed by atoms with Gasteiger partial charge in [0.05, 0.1) is 0 Å². The lowest BCUT2D eigenvalue weighted by Crippen LogP contribution is -2.40. The van der Waals surface area contributed by atoms with Crippen LogP contribution < -0.4 is 10.6 Å². The van der Waals surface area contributed by atoms with Crippen LogP contribution in [-0.4, -0.2) is 29.3 Å². The second kappa shape index (κ2) is 3.03. The smallest absolute Gasteiger partial charge is 0.335 e. The third kappa shape index (κ3) is 1.32. The van der Waals surface area contributed by atoms with Gasteiger partial charge in [0.1, 0.15) is 0 Å². The van der Waals surface area contributed by atoms with Gasteiger partial charge in [-0.15, -0.1) is 0 Å². The van der Waals surface area contributed by atoms with Crippen molar-refractivity contribution in [1.29, 1.82) is 0 Å². The summed E-state index contributed by atoms with van der Waals surface area (Å²) in [4.78, 5) is 10.6. The fourth-order valence-corrected chi connectivity index (χ4v) is 2.15. The van der Waals surface area contributed by atoms with E-state index < -0.39 is 12.1 Å². The van der Waals surface area contributed by atoms with Gasteiger partial charge in [-0.05, 0) is 12.8 Å². The first-order valence-corrected chi connectivity index (χ1v) is 4.52. The highest BCUT2D eigenvalue weighted by molar-refractivity contribution is 5.73. The molecule has 4 heteroatoms. The van der Waals surface area contributed by atoms with Crippen LogP contribution in [-0.2, 0) is 4.79 Å². The van der Waals surface area contributed by atoms with Crippen LogP contribution in [0.1, 0.15) is 25.7 Å². The van der Waals surface area contributed by atoms with Crippen molar-refractivity contribution in [2.45, 2.75) is 43.9 Å². The fourth-order valence-electron chi connectivity index (χ4n) is 2.15. The third-order valence-electron chi connectivity index (χ3n) is 2.77. The molecule has 1 aliphatic heterocycles. The summed E-state index contributed by atoms with van der Waals surface area (Å²) in [5.41, 5.74) is 0. The first kappa shape index (κ1) is 8.01. The Labute approximate surface area is 71.3 Å². The highest BCUT2D eigenvalue weighted by Gasteiger charge is 2.37. The average molecular weight is 170 g/mol. The molecule has 2 atom stereocenters. The minimum absolute atomic E-state index is 0.389. The standard InChI is InChI=1S/C8H14N2O2/c11-8(12)7-9-5-3-1-2-4-6(5)10-7/h5-7,9-10H,1-4H2,(H,11,12). The van der Waals surface area contributed by atoms with Crippen molar-refractivity contribution in [3.8, 4) is 0 Å². The van der Waals surface area contributed by atoms with E-state index in [2.05, 4.69) is 10.6 Å². The van der Waals surface area contributed by atoms with Gasteiger partial charge in [0.2, 0.25) is 0 Å². The van der Waals surface area contributed by atoms with E-state index in [1.54, 1.807) is 0 Å². The molecular formula is C8H14N2O2. The maximum Gasteiger partial charge on any atom is 0.335 e. The van der Waals surface area contributed by atoms with Crippen LogP contribution in [0.15, 0.2) is 0 Å². The van der Waals surface area contributed by atoms with Crippen LogP contribution in [0.5, 0.6) is 0 Å². The first-order valence-electron chi connectivity index (χ1n) is 4.52. The van der Waals surface area contributed by atoms with E-state index in [-0.39, 0.29) is 0 Å². The van der Waals surface area contributed by atoms with Gasteiger partial charge in [-0.3, -0.25) is 10.6 Å². The normalized spacial score (nSPS) is 40.8. The largest absolute Gasteiger partial charge is 0.479 e. The predicted molar refractivity (Wildman–Crippen MR) is 43.7 cm³/mol. The molecule has 2 unspecified atom stereocenters. The molecule has 2 fully saturated rings. The van der Waals surface area contributed by atoms with Crippen LogP contribution in [0.4, 0.5) is 0 Å². The maximum absolute atomic E-state index is 10.6. The number of aliphatic carboxylic acids is 1. The Morgan fingerprint density at radius 2 is 1.67 bits per heavy atom. The molecule has 0 spiro atoms. The Bertz CT molecular complexity index is 181. The molecule has 4 nitrogen and oxygen atoms in total. The van der Waals surface area contributed by atoms with Gasteiger partial charge in [-0.2, -0.15) is 0 Å². The van der Waals surface area contributed by atoms with Crippen LogP contribution >= 0.6 is 0 Å². The molecule has 1 aliphatic carbocycles. The van der Waals surface area contributed by atoms with Crippen molar-refractivity contribution in [3.05, 3.63) is 0 Å². The van der Waals surface area contributed by atoms with E-state index in [0.717, 1.165) is 12.8 Å². The highest BCUT2D eigenvalue weighted by Crippen LogP contribution is 2.22. The monoisotopic (exact) mass is 170 g/mol. The molecule has 0 aromatic rings. The van der Waals surface area contributed by atoms with Gasteiger partial charge in [-0.1, -0.05) is 12.8 Å². The molecule has 1 saturated carbocycles. The number of carbonyl (C=O) groups is 1. The van der Waals surface area contributed by atoms with E-state index in [9.17, 15) is 4.79 Å². The zero-order chi connectivity index (χ0) is 8.55. The van der Waals surface area contributed by atoms with E-state index in [1.807, 2.05) is 0 Å². The summed E-state index contributed by atoms with van der Waals surface area (Å²) in [6.07, 6.45) is 4.16.